The van der Waals surface area contributed by atoms with Gasteiger partial charge in [0.2, 0.25) is 5.91 Å². The first-order chi connectivity index (χ1) is 16.4. The molecule has 0 aromatic heterocycles. The highest BCUT2D eigenvalue weighted by atomic mass is 19.4. The standard InChI is InChI=1S/C21H23F2N3O2.C2HF3O2/c1-15-3-2-4-16(11-15)13-26(14-20(27)25-9-7-24-8-10-25)21(28)17-5-6-18(22)19(23)12-17;3-2(4,5)1(6)7/h2-6,11-12,24H,7-10,13-14H2,1H3;(H,6,7). The Labute approximate surface area is 198 Å². The zero-order valence-corrected chi connectivity index (χ0v) is 18.7. The van der Waals surface area contributed by atoms with Crippen LogP contribution in [0.25, 0.3) is 0 Å². The highest BCUT2D eigenvalue weighted by molar-refractivity contribution is 5.96. The van der Waals surface area contributed by atoms with E-state index in [-0.39, 0.29) is 24.6 Å². The van der Waals surface area contributed by atoms with E-state index in [1.165, 1.54) is 11.0 Å². The number of piperazine rings is 1. The Hall–Kier alpha value is -3.54. The minimum atomic E-state index is -5.08. The van der Waals surface area contributed by atoms with Crippen LogP contribution < -0.4 is 5.32 Å². The van der Waals surface area contributed by atoms with Gasteiger partial charge in [-0.15, -0.1) is 0 Å². The van der Waals surface area contributed by atoms with E-state index < -0.39 is 29.7 Å². The average molecular weight is 501 g/mol. The summed E-state index contributed by atoms with van der Waals surface area (Å²) < 4.78 is 58.6. The number of rotatable bonds is 5. The summed E-state index contributed by atoms with van der Waals surface area (Å²) in [5.74, 6) is -5.53. The first kappa shape index (κ1) is 27.7. The predicted molar refractivity (Wildman–Crippen MR) is 115 cm³/mol. The highest BCUT2D eigenvalue weighted by Crippen LogP contribution is 2.15. The molecule has 0 spiro atoms. The molecule has 0 saturated carbocycles. The van der Waals surface area contributed by atoms with Crippen LogP contribution in [-0.2, 0) is 16.1 Å². The molecule has 35 heavy (non-hydrogen) atoms. The fourth-order valence-electron chi connectivity index (χ4n) is 3.22. The summed E-state index contributed by atoms with van der Waals surface area (Å²) in [4.78, 5) is 37.6. The number of halogens is 5. The van der Waals surface area contributed by atoms with E-state index in [4.69, 9.17) is 9.90 Å². The molecule has 1 aliphatic rings. The number of carboxylic acids is 1. The summed E-state index contributed by atoms with van der Waals surface area (Å²) in [6.07, 6.45) is -5.08. The zero-order chi connectivity index (χ0) is 26.2. The van der Waals surface area contributed by atoms with Crippen LogP contribution in [0.5, 0.6) is 0 Å². The summed E-state index contributed by atoms with van der Waals surface area (Å²) in [5.41, 5.74) is 1.91. The Bertz CT molecular complexity index is 1060. The number of alkyl halides is 3. The third-order valence-corrected chi connectivity index (χ3v) is 4.95. The van der Waals surface area contributed by atoms with E-state index in [2.05, 4.69) is 5.32 Å². The SMILES string of the molecule is Cc1cccc(CN(CC(=O)N2CCNCC2)C(=O)c2ccc(F)c(F)c2)c1.O=C(O)C(F)(F)F. The van der Waals surface area contributed by atoms with Crippen LogP contribution in [0.1, 0.15) is 21.5 Å². The van der Waals surface area contributed by atoms with E-state index in [1.54, 1.807) is 4.90 Å². The van der Waals surface area contributed by atoms with Crippen LogP contribution >= 0.6 is 0 Å². The van der Waals surface area contributed by atoms with E-state index in [0.717, 1.165) is 23.3 Å². The van der Waals surface area contributed by atoms with E-state index in [1.807, 2.05) is 31.2 Å². The van der Waals surface area contributed by atoms with Crippen molar-refractivity contribution in [2.45, 2.75) is 19.6 Å². The van der Waals surface area contributed by atoms with Crippen LogP contribution in [0.3, 0.4) is 0 Å². The molecule has 1 fully saturated rings. The van der Waals surface area contributed by atoms with Crippen molar-refractivity contribution in [1.82, 2.24) is 15.1 Å². The molecule has 12 heteroatoms. The van der Waals surface area contributed by atoms with Gasteiger partial charge in [-0.25, -0.2) is 13.6 Å². The van der Waals surface area contributed by atoms with Gasteiger partial charge in [-0.1, -0.05) is 29.8 Å². The van der Waals surface area contributed by atoms with Crippen molar-refractivity contribution in [3.63, 3.8) is 0 Å². The fraction of sp³-hybridized carbons (Fsp3) is 0.348. The molecule has 2 aromatic rings. The van der Waals surface area contributed by atoms with Crippen molar-refractivity contribution in [2.24, 2.45) is 0 Å². The average Bonchev–Trinajstić information content (AvgIpc) is 2.80. The van der Waals surface area contributed by atoms with Crippen molar-refractivity contribution < 1.29 is 41.4 Å². The Morgan fingerprint density at radius 1 is 1.03 bits per heavy atom. The number of carbonyl (C=O) groups is 3. The number of aliphatic carboxylic acids is 1. The minimum absolute atomic E-state index is 0.0136. The van der Waals surface area contributed by atoms with Gasteiger partial charge in [0.1, 0.15) is 6.54 Å². The van der Waals surface area contributed by atoms with Crippen LogP contribution in [0.15, 0.2) is 42.5 Å². The molecule has 7 nitrogen and oxygen atoms in total. The van der Waals surface area contributed by atoms with Crippen LogP contribution in [0.2, 0.25) is 0 Å². The summed E-state index contributed by atoms with van der Waals surface area (Å²) >= 11 is 0. The van der Waals surface area contributed by atoms with Gasteiger partial charge in [-0.3, -0.25) is 9.59 Å². The van der Waals surface area contributed by atoms with Gasteiger partial charge in [0.15, 0.2) is 11.6 Å². The zero-order valence-electron chi connectivity index (χ0n) is 18.7. The Kier molecular flexibility index (Phi) is 9.69. The Morgan fingerprint density at radius 2 is 1.66 bits per heavy atom. The number of carbonyl (C=O) groups excluding carboxylic acids is 2. The van der Waals surface area contributed by atoms with Gasteiger partial charge in [0.05, 0.1) is 0 Å². The lowest BCUT2D eigenvalue weighted by Crippen LogP contribution is -2.50. The van der Waals surface area contributed by atoms with Gasteiger partial charge >= 0.3 is 12.1 Å². The van der Waals surface area contributed by atoms with E-state index >= 15 is 0 Å². The van der Waals surface area contributed by atoms with Gasteiger partial charge in [-0.05, 0) is 30.7 Å². The predicted octanol–water partition coefficient (Wildman–Crippen LogP) is 2.98. The van der Waals surface area contributed by atoms with Crippen LogP contribution in [-0.4, -0.2) is 71.6 Å². The molecule has 2 amide bonds. The molecule has 3 rings (SSSR count). The maximum Gasteiger partial charge on any atom is 0.490 e. The summed E-state index contributed by atoms with van der Waals surface area (Å²) in [6, 6.07) is 10.6. The highest BCUT2D eigenvalue weighted by Gasteiger charge is 2.38. The second kappa shape index (κ2) is 12.2. The summed E-state index contributed by atoms with van der Waals surface area (Å²) in [6.45, 7) is 4.61. The minimum Gasteiger partial charge on any atom is -0.475 e. The number of hydrogen-bond donors (Lipinski definition) is 2. The molecule has 2 aromatic carbocycles. The molecule has 0 radical (unpaired) electrons. The van der Waals surface area contributed by atoms with Crippen molar-refractivity contribution in [3.8, 4) is 0 Å². The molecule has 0 unspecified atom stereocenters. The first-order valence-corrected chi connectivity index (χ1v) is 10.5. The van der Waals surface area contributed by atoms with Crippen LogP contribution in [0, 0.1) is 18.6 Å². The molecule has 1 aliphatic heterocycles. The number of nitrogens with zero attached hydrogens (tertiary/aromatic N) is 2. The Morgan fingerprint density at radius 3 is 2.20 bits per heavy atom. The van der Waals surface area contributed by atoms with Crippen molar-refractivity contribution in [1.29, 1.82) is 0 Å². The molecule has 0 bridgehead atoms. The fourth-order valence-corrected chi connectivity index (χ4v) is 3.22. The number of nitrogens with one attached hydrogen (secondary N) is 1. The topological polar surface area (TPSA) is 90.0 Å². The lowest BCUT2D eigenvalue weighted by molar-refractivity contribution is -0.192. The van der Waals surface area contributed by atoms with Crippen LogP contribution in [0.4, 0.5) is 22.0 Å². The number of aryl methyl sites for hydroxylation is 1. The Balaban J connectivity index is 0.000000540. The maximum absolute atomic E-state index is 13.6. The number of hydrogen-bond acceptors (Lipinski definition) is 4. The number of benzene rings is 2. The normalized spacial score (nSPS) is 13.5. The molecule has 1 heterocycles. The third kappa shape index (κ3) is 8.63. The largest absolute Gasteiger partial charge is 0.490 e. The molecule has 190 valence electrons. The monoisotopic (exact) mass is 501 g/mol. The lowest BCUT2D eigenvalue weighted by atomic mass is 10.1. The smallest absolute Gasteiger partial charge is 0.475 e. The molecular weight excluding hydrogens is 477 g/mol. The summed E-state index contributed by atoms with van der Waals surface area (Å²) in [7, 11) is 0. The van der Waals surface area contributed by atoms with Gasteiger partial charge in [-0.2, -0.15) is 13.2 Å². The van der Waals surface area contributed by atoms with Gasteiger partial charge in [0, 0.05) is 38.3 Å². The lowest BCUT2D eigenvalue weighted by Gasteiger charge is -2.30. The van der Waals surface area contributed by atoms with Crippen molar-refractivity contribution >= 4 is 17.8 Å². The molecular formula is C23H24F5N3O4. The number of carboxylic acid groups (broad SMARTS) is 1. The second-order valence-electron chi connectivity index (χ2n) is 7.71. The first-order valence-electron chi connectivity index (χ1n) is 10.5. The number of amides is 2. The van der Waals surface area contributed by atoms with Gasteiger partial charge in [0.25, 0.3) is 5.91 Å². The molecule has 1 saturated heterocycles. The third-order valence-electron chi connectivity index (χ3n) is 4.95. The molecule has 2 N–H and O–H groups in total. The molecule has 0 aliphatic carbocycles. The summed E-state index contributed by atoms with van der Waals surface area (Å²) in [5, 5.41) is 10.3. The van der Waals surface area contributed by atoms with Crippen molar-refractivity contribution in [3.05, 3.63) is 70.8 Å². The van der Waals surface area contributed by atoms with Crippen molar-refractivity contribution in [2.75, 3.05) is 32.7 Å². The van der Waals surface area contributed by atoms with Gasteiger partial charge < -0.3 is 20.2 Å². The van der Waals surface area contributed by atoms with E-state index in [0.29, 0.717) is 26.2 Å². The van der Waals surface area contributed by atoms with E-state index in [9.17, 15) is 31.5 Å². The maximum atomic E-state index is 13.6. The quantitative estimate of drug-likeness (QED) is 0.615. The second-order valence-corrected chi connectivity index (χ2v) is 7.71. The molecule has 0 atom stereocenters.